The van der Waals surface area contributed by atoms with E-state index in [9.17, 15) is 13.2 Å². The van der Waals surface area contributed by atoms with Crippen molar-refractivity contribution in [2.24, 2.45) is 0 Å². The number of carbonyl (C=O) groups excluding carboxylic acids is 1. The highest BCUT2D eigenvalue weighted by Crippen LogP contribution is 2.31. The summed E-state index contributed by atoms with van der Waals surface area (Å²) in [5.74, 6) is -0.386. The molecule has 4 aromatic rings. The van der Waals surface area contributed by atoms with Gasteiger partial charge in [0.05, 0.1) is 23.1 Å². The van der Waals surface area contributed by atoms with Crippen molar-refractivity contribution in [1.82, 2.24) is 3.97 Å². The highest BCUT2D eigenvalue weighted by molar-refractivity contribution is 7.90. The van der Waals surface area contributed by atoms with Crippen LogP contribution < -0.4 is 0 Å². The Bertz CT molecular complexity index is 1370. The van der Waals surface area contributed by atoms with Gasteiger partial charge in [0.25, 0.3) is 10.0 Å². The highest BCUT2D eigenvalue weighted by Gasteiger charge is 2.24. The molecule has 0 saturated heterocycles. The van der Waals surface area contributed by atoms with Gasteiger partial charge in [0.15, 0.2) is 0 Å². The van der Waals surface area contributed by atoms with Gasteiger partial charge in [-0.05, 0) is 61.7 Å². The quantitative estimate of drug-likeness (QED) is 0.421. The van der Waals surface area contributed by atoms with Crippen molar-refractivity contribution in [3.05, 3.63) is 101 Å². The van der Waals surface area contributed by atoms with Crippen LogP contribution in [0.3, 0.4) is 0 Å². The molecule has 0 saturated carbocycles. The number of esters is 1. The van der Waals surface area contributed by atoms with Gasteiger partial charge >= 0.3 is 5.97 Å². The fourth-order valence-electron chi connectivity index (χ4n) is 3.83. The van der Waals surface area contributed by atoms with Gasteiger partial charge in [-0.25, -0.2) is 17.2 Å². The highest BCUT2D eigenvalue weighted by atomic mass is 32.2. The van der Waals surface area contributed by atoms with E-state index in [-0.39, 0.29) is 10.9 Å². The summed E-state index contributed by atoms with van der Waals surface area (Å²) in [6, 6.07) is 21.6. The van der Waals surface area contributed by atoms with Gasteiger partial charge in [-0.15, -0.1) is 0 Å². The Hall–Kier alpha value is -3.38. The van der Waals surface area contributed by atoms with Crippen LogP contribution in [-0.2, 0) is 21.2 Å². The molecular formula is C25H23NO4S. The van der Waals surface area contributed by atoms with Crippen molar-refractivity contribution in [3.8, 4) is 0 Å². The van der Waals surface area contributed by atoms with E-state index in [4.69, 9.17) is 4.74 Å². The lowest BCUT2D eigenvalue weighted by molar-refractivity contribution is 0.0600. The number of hydrogen-bond acceptors (Lipinski definition) is 4. The number of carbonyl (C=O) groups is 1. The maximum Gasteiger partial charge on any atom is 0.337 e. The van der Waals surface area contributed by atoms with Crippen molar-refractivity contribution in [2.45, 2.75) is 25.2 Å². The number of hydrogen-bond donors (Lipinski definition) is 0. The first-order chi connectivity index (χ1) is 14.8. The van der Waals surface area contributed by atoms with Gasteiger partial charge in [0, 0.05) is 11.1 Å². The Morgan fingerprint density at radius 3 is 2.19 bits per heavy atom. The topological polar surface area (TPSA) is 65.4 Å². The zero-order chi connectivity index (χ0) is 22.2. The molecule has 0 aliphatic heterocycles. The first kappa shape index (κ1) is 20.9. The van der Waals surface area contributed by atoms with E-state index in [0.717, 1.165) is 22.1 Å². The summed E-state index contributed by atoms with van der Waals surface area (Å²) >= 11 is 0. The van der Waals surface area contributed by atoms with E-state index in [1.807, 2.05) is 50.2 Å². The molecule has 0 aliphatic carbocycles. The molecule has 6 heteroatoms. The largest absolute Gasteiger partial charge is 0.465 e. The third kappa shape index (κ3) is 3.75. The number of aryl methyl sites for hydroxylation is 1. The lowest BCUT2D eigenvalue weighted by Gasteiger charge is -2.11. The number of nitrogens with zero attached hydrogens (tertiary/aromatic N) is 1. The minimum absolute atomic E-state index is 0.260. The van der Waals surface area contributed by atoms with Crippen molar-refractivity contribution < 1.29 is 17.9 Å². The van der Waals surface area contributed by atoms with Gasteiger partial charge in [-0.1, -0.05) is 48.0 Å². The number of aromatic nitrogens is 1. The average Bonchev–Trinajstić information content (AvgIpc) is 3.06. The predicted octanol–water partition coefficient (Wildman–Crippen LogP) is 4.87. The standard InChI is InChI=1S/C25H23NO4S/c1-17-8-14-21(15-9-17)31(28,29)26-18(2)23(22-6-4-5-7-24(22)26)16-19-10-12-20(13-11-19)25(27)30-3/h4-15H,16H2,1-3H3. The Morgan fingerprint density at radius 2 is 1.55 bits per heavy atom. The number of methoxy groups -OCH3 is 1. The lowest BCUT2D eigenvalue weighted by atomic mass is 10.0. The molecule has 0 radical (unpaired) electrons. The molecule has 0 amide bonds. The molecule has 5 nitrogen and oxygen atoms in total. The van der Waals surface area contributed by atoms with Crippen LogP contribution in [0.5, 0.6) is 0 Å². The molecule has 1 aromatic heterocycles. The van der Waals surface area contributed by atoms with E-state index in [1.54, 1.807) is 36.4 Å². The summed E-state index contributed by atoms with van der Waals surface area (Å²) in [4.78, 5) is 11.9. The van der Waals surface area contributed by atoms with E-state index in [1.165, 1.54) is 11.1 Å². The van der Waals surface area contributed by atoms with E-state index >= 15 is 0 Å². The molecule has 0 fully saturated rings. The zero-order valence-corrected chi connectivity index (χ0v) is 18.4. The van der Waals surface area contributed by atoms with Gasteiger partial charge in [-0.3, -0.25) is 0 Å². The summed E-state index contributed by atoms with van der Waals surface area (Å²) in [7, 11) is -2.40. The van der Waals surface area contributed by atoms with Gasteiger partial charge in [0.1, 0.15) is 0 Å². The van der Waals surface area contributed by atoms with Crippen LogP contribution in [0.15, 0.2) is 77.7 Å². The molecule has 0 aliphatic rings. The van der Waals surface area contributed by atoms with E-state index in [2.05, 4.69) is 0 Å². The van der Waals surface area contributed by atoms with Crippen LogP contribution >= 0.6 is 0 Å². The number of fused-ring (bicyclic) bond motifs is 1. The SMILES string of the molecule is COC(=O)c1ccc(Cc2c(C)n(S(=O)(=O)c3ccc(C)cc3)c3ccccc23)cc1. The minimum atomic E-state index is -3.75. The fourth-order valence-corrected chi connectivity index (χ4v) is 5.41. The molecule has 4 rings (SSSR count). The molecule has 1 heterocycles. The first-order valence-electron chi connectivity index (χ1n) is 9.91. The van der Waals surface area contributed by atoms with E-state index in [0.29, 0.717) is 23.2 Å². The second kappa shape index (κ2) is 8.04. The predicted molar refractivity (Wildman–Crippen MR) is 121 cm³/mol. The Labute approximate surface area is 182 Å². The smallest absolute Gasteiger partial charge is 0.337 e. The molecule has 158 valence electrons. The monoisotopic (exact) mass is 433 g/mol. The minimum Gasteiger partial charge on any atom is -0.465 e. The average molecular weight is 434 g/mol. The molecule has 31 heavy (non-hydrogen) atoms. The summed E-state index contributed by atoms with van der Waals surface area (Å²) in [6.45, 7) is 3.76. The van der Waals surface area contributed by atoms with Crippen LogP contribution in [0, 0.1) is 13.8 Å². The maximum absolute atomic E-state index is 13.5. The second-order valence-corrected chi connectivity index (χ2v) is 9.32. The van der Waals surface area contributed by atoms with E-state index < -0.39 is 10.0 Å². The van der Waals surface area contributed by atoms with Crippen molar-refractivity contribution in [3.63, 3.8) is 0 Å². The number of rotatable bonds is 5. The van der Waals surface area contributed by atoms with Crippen LogP contribution in [0.4, 0.5) is 0 Å². The lowest BCUT2D eigenvalue weighted by Crippen LogP contribution is -2.14. The van der Waals surface area contributed by atoms with Crippen molar-refractivity contribution in [1.29, 1.82) is 0 Å². The molecular weight excluding hydrogens is 410 g/mol. The molecule has 0 bridgehead atoms. The first-order valence-corrected chi connectivity index (χ1v) is 11.4. The second-order valence-electron chi connectivity index (χ2n) is 7.53. The number of ether oxygens (including phenoxy) is 1. The Morgan fingerprint density at radius 1 is 0.903 bits per heavy atom. The third-order valence-corrected chi connectivity index (χ3v) is 7.32. The van der Waals surface area contributed by atoms with Gasteiger partial charge in [-0.2, -0.15) is 0 Å². The molecule has 0 N–H and O–H groups in total. The third-order valence-electron chi connectivity index (χ3n) is 5.50. The summed E-state index contributed by atoms with van der Waals surface area (Å²) in [6.07, 6.45) is 0.546. The summed E-state index contributed by atoms with van der Waals surface area (Å²) in [5, 5.41) is 0.896. The van der Waals surface area contributed by atoms with Gasteiger partial charge in [0.2, 0.25) is 0 Å². The molecule has 0 unspecified atom stereocenters. The summed E-state index contributed by atoms with van der Waals surface area (Å²) < 4.78 is 33.2. The molecule has 0 atom stereocenters. The zero-order valence-electron chi connectivity index (χ0n) is 17.6. The van der Waals surface area contributed by atoms with Crippen LogP contribution in [0.2, 0.25) is 0 Å². The van der Waals surface area contributed by atoms with Crippen LogP contribution in [0.1, 0.15) is 32.7 Å². The number of benzene rings is 3. The fraction of sp³-hybridized carbons (Fsp3) is 0.160. The van der Waals surface area contributed by atoms with Crippen LogP contribution in [0.25, 0.3) is 10.9 Å². The van der Waals surface area contributed by atoms with Gasteiger partial charge < -0.3 is 4.74 Å². The Kier molecular flexibility index (Phi) is 5.41. The molecule has 3 aromatic carbocycles. The van der Waals surface area contributed by atoms with Crippen LogP contribution in [-0.4, -0.2) is 25.5 Å². The molecule has 0 spiro atoms. The maximum atomic E-state index is 13.5. The van der Waals surface area contributed by atoms with Crippen molar-refractivity contribution >= 4 is 26.9 Å². The van der Waals surface area contributed by atoms with Crippen molar-refractivity contribution in [2.75, 3.05) is 7.11 Å². The Balaban J connectivity index is 1.82. The summed E-state index contributed by atoms with van der Waals surface area (Å²) in [5.41, 5.74) is 4.74. The number of para-hydroxylation sites is 1. The normalized spacial score (nSPS) is 11.6.